The van der Waals surface area contributed by atoms with Gasteiger partial charge in [0.15, 0.2) is 0 Å². The van der Waals surface area contributed by atoms with Crippen LogP contribution in [0.3, 0.4) is 0 Å². The van der Waals surface area contributed by atoms with Gasteiger partial charge in [-0.25, -0.2) is 0 Å². The van der Waals surface area contributed by atoms with E-state index in [4.69, 9.17) is 5.73 Å². The number of hydrogen-bond donors (Lipinski definition) is 1. The Morgan fingerprint density at radius 2 is 2.00 bits per heavy atom. The molecule has 1 heterocycles. The number of nitrogens with two attached hydrogens (primary N) is 1. The topological polar surface area (TPSA) is 38.9 Å². The first-order chi connectivity index (χ1) is 5.41. The maximum Gasteiger partial charge on any atom is 0.0600 e. The molecular formula is C9H13BrN2. The summed E-state index contributed by atoms with van der Waals surface area (Å²) in [4.78, 5) is 4.37. The zero-order valence-corrected chi connectivity index (χ0v) is 9.14. The molecule has 1 rings (SSSR count). The molecule has 0 spiro atoms. The predicted octanol–water partition coefficient (Wildman–Crippen LogP) is 2.35. The Labute approximate surface area is 81.3 Å². The molecule has 0 aromatic carbocycles. The molecule has 0 radical (unpaired) electrons. The van der Waals surface area contributed by atoms with Gasteiger partial charge in [-0.3, -0.25) is 4.98 Å². The lowest BCUT2D eigenvalue weighted by molar-refractivity contribution is 0.533. The molecule has 0 saturated carbocycles. The highest BCUT2D eigenvalue weighted by Gasteiger charge is 2.15. The Morgan fingerprint density at radius 3 is 2.42 bits per heavy atom. The van der Waals surface area contributed by atoms with Crippen molar-refractivity contribution in [3.05, 3.63) is 28.0 Å². The summed E-state index contributed by atoms with van der Waals surface area (Å²) in [5.41, 5.74) is 7.44. The molecule has 66 valence electrons. The number of aryl methyl sites for hydroxylation is 1. The Bertz CT molecular complexity index is 289. The summed E-state index contributed by atoms with van der Waals surface area (Å²) in [6, 6.07) is 3.92. The van der Waals surface area contributed by atoms with E-state index in [1.165, 1.54) is 0 Å². The van der Waals surface area contributed by atoms with Crippen molar-refractivity contribution in [3.8, 4) is 0 Å². The van der Waals surface area contributed by atoms with E-state index in [9.17, 15) is 0 Å². The van der Waals surface area contributed by atoms with Gasteiger partial charge in [0.25, 0.3) is 0 Å². The molecule has 0 saturated heterocycles. The van der Waals surface area contributed by atoms with Gasteiger partial charge in [0.1, 0.15) is 0 Å². The molecular weight excluding hydrogens is 216 g/mol. The Morgan fingerprint density at radius 1 is 1.42 bits per heavy atom. The van der Waals surface area contributed by atoms with Crippen LogP contribution in [0.2, 0.25) is 0 Å². The van der Waals surface area contributed by atoms with Crippen LogP contribution in [0.15, 0.2) is 16.6 Å². The molecule has 0 aliphatic heterocycles. The van der Waals surface area contributed by atoms with Crippen LogP contribution in [-0.2, 0) is 5.54 Å². The van der Waals surface area contributed by atoms with Crippen LogP contribution in [0.25, 0.3) is 0 Å². The lowest BCUT2D eigenvalue weighted by Gasteiger charge is -2.18. The lowest BCUT2D eigenvalue weighted by Crippen LogP contribution is -2.30. The molecule has 12 heavy (non-hydrogen) atoms. The Kier molecular flexibility index (Phi) is 2.54. The number of halogens is 1. The summed E-state index contributed by atoms with van der Waals surface area (Å²) >= 11 is 3.39. The zero-order chi connectivity index (χ0) is 9.35. The van der Waals surface area contributed by atoms with Gasteiger partial charge in [-0.05, 0) is 48.8 Å². The summed E-state index contributed by atoms with van der Waals surface area (Å²) in [6.07, 6.45) is 0. The summed E-state index contributed by atoms with van der Waals surface area (Å²) in [5, 5.41) is 0. The average molecular weight is 229 g/mol. The molecule has 0 amide bonds. The van der Waals surface area contributed by atoms with Crippen LogP contribution in [-0.4, -0.2) is 4.98 Å². The van der Waals surface area contributed by atoms with Crippen LogP contribution in [0.5, 0.6) is 0 Å². The quantitative estimate of drug-likeness (QED) is 0.802. The summed E-state index contributed by atoms with van der Waals surface area (Å²) in [7, 11) is 0. The monoisotopic (exact) mass is 228 g/mol. The van der Waals surface area contributed by atoms with Crippen molar-refractivity contribution in [1.82, 2.24) is 4.98 Å². The summed E-state index contributed by atoms with van der Waals surface area (Å²) in [6.45, 7) is 5.85. The minimum atomic E-state index is -0.356. The highest BCUT2D eigenvalue weighted by atomic mass is 79.9. The first-order valence-electron chi connectivity index (χ1n) is 3.84. The van der Waals surface area contributed by atoms with E-state index in [-0.39, 0.29) is 5.54 Å². The van der Waals surface area contributed by atoms with Gasteiger partial charge in [-0.2, -0.15) is 0 Å². The largest absolute Gasteiger partial charge is 0.321 e. The van der Waals surface area contributed by atoms with Crippen molar-refractivity contribution in [3.63, 3.8) is 0 Å². The smallest absolute Gasteiger partial charge is 0.0600 e. The fourth-order valence-electron chi connectivity index (χ4n) is 0.903. The number of hydrogen-bond acceptors (Lipinski definition) is 2. The van der Waals surface area contributed by atoms with Crippen LogP contribution < -0.4 is 5.73 Å². The number of pyridine rings is 1. The predicted molar refractivity (Wildman–Crippen MR) is 53.9 cm³/mol. The molecule has 2 N–H and O–H groups in total. The van der Waals surface area contributed by atoms with Gasteiger partial charge >= 0.3 is 0 Å². The second-order valence-corrected chi connectivity index (χ2v) is 4.34. The average Bonchev–Trinajstić information content (AvgIpc) is 1.92. The van der Waals surface area contributed by atoms with Crippen LogP contribution >= 0.6 is 15.9 Å². The molecule has 0 aliphatic rings. The van der Waals surface area contributed by atoms with Crippen molar-refractivity contribution in [2.75, 3.05) is 0 Å². The van der Waals surface area contributed by atoms with E-state index in [1.54, 1.807) is 0 Å². The minimum Gasteiger partial charge on any atom is -0.321 e. The van der Waals surface area contributed by atoms with Crippen molar-refractivity contribution < 1.29 is 0 Å². The first kappa shape index (κ1) is 9.68. The highest BCUT2D eigenvalue weighted by molar-refractivity contribution is 9.10. The molecule has 0 unspecified atom stereocenters. The van der Waals surface area contributed by atoms with Crippen LogP contribution in [0.1, 0.15) is 25.2 Å². The molecule has 3 heteroatoms. The minimum absolute atomic E-state index is 0.356. The van der Waals surface area contributed by atoms with E-state index in [2.05, 4.69) is 20.9 Å². The fraction of sp³-hybridized carbons (Fsp3) is 0.444. The second kappa shape index (κ2) is 3.15. The molecule has 0 fully saturated rings. The molecule has 2 nitrogen and oxygen atoms in total. The number of nitrogens with zero attached hydrogens (tertiary/aromatic N) is 1. The molecule has 0 atom stereocenters. The van der Waals surface area contributed by atoms with Crippen molar-refractivity contribution in [2.45, 2.75) is 26.3 Å². The standard InChI is InChI=1S/C9H13BrN2/c1-6-7(10)4-5-8(12-6)9(2,3)11/h4-5H,11H2,1-3H3. The normalized spacial score (nSPS) is 11.8. The van der Waals surface area contributed by atoms with E-state index in [0.29, 0.717) is 0 Å². The van der Waals surface area contributed by atoms with Crippen molar-refractivity contribution in [1.29, 1.82) is 0 Å². The molecule has 0 aliphatic carbocycles. The molecule has 0 bridgehead atoms. The van der Waals surface area contributed by atoms with E-state index >= 15 is 0 Å². The summed E-state index contributed by atoms with van der Waals surface area (Å²) < 4.78 is 1.02. The highest BCUT2D eigenvalue weighted by Crippen LogP contribution is 2.19. The lowest BCUT2D eigenvalue weighted by atomic mass is 10.0. The second-order valence-electron chi connectivity index (χ2n) is 3.49. The zero-order valence-electron chi connectivity index (χ0n) is 7.56. The fourth-order valence-corrected chi connectivity index (χ4v) is 1.12. The van der Waals surface area contributed by atoms with Gasteiger partial charge in [0, 0.05) is 4.47 Å². The van der Waals surface area contributed by atoms with Crippen molar-refractivity contribution in [2.24, 2.45) is 5.73 Å². The number of aromatic nitrogens is 1. The van der Waals surface area contributed by atoms with Gasteiger partial charge in [-0.15, -0.1) is 0 Å². The first-order valence-corrected chi connectivity index (χ1v) is 4.63. The maximum absolute atomic E-state index is 5.90. The van der Waals surface area contributed by atoms with Gasteiger partial charge in [0.05, 0.1) is 16.9 Å². The third-order valence-corrected chi connectivity index (χ3v) is 2.52. The van der Waals surface area contributed by atoms with Gasteiger partial charge in [0.2, 0.25) is 0 Å². The number of rotatable bonds is 1. The van der Waals surface area contributed by atoms with E-state index in [0.717, 1.165) is 15.9 Å². The van der Waals surface area contributed by atoms with Gasteiger partial charge < -0.3 is 5.73 Å². The van der Waals surface area contributed by atoms with E-state index < -0.39 is 0 Å². The van der Waals surface area contributed by atoms with Crippen LogP contribution in [0, 0.1) is 6.92 Å². The van der Waals surface area contributed by atoms with Crippen LogP contribution in [0.4, 0.5) is 0 Å². The Balaban J connectivity index is 3.14. The summed E-state index contributed by atoms with van der Waals surface area (Å²) in [5.74, 6) is 0. The third kappa shape index (κ3) is 2.05. The Hall–Kier alpha value is -0.410. The van der Waals surface area contributed by atoms with E-state index in [1.807, 2.05) is 32.9 Å². The molecule has 1 aromatic rings. The maximum atomic E-state index is 5.90. The molecule has 1 aromatic heterocycles. The van der Waals surface area contributed by atoms with Crippen molar-refractivity contribution >= 4 is 15.9 Å². The van der Waals surface area contributed by atoms with Gasteiger partial charge in [-0.1, -0.05) is 0 Å². The third-order valence-electron chi connectivity index (χ3n) is 1.68. The SMILES string of the molecule is Cc1nc(C(C)(C)N)ccc1Br.